The molecule has 1 aromatic heterocycles. The summed E-state index contributed by atoms with van der Waals surface area (Å²) in [5, 5.41) is 5.05. The molecule has 2 heteroatoms. The Morgan fingerprint density at radius 1 is 1.21 bits per heavy atom. The molecule has 1 nitrogen and oxygen atoms in total. The summed E-state index contributed by atoms with van der Waals surface area (Å²) in [6.07, 6.45) is 9.01. The van der Waals surface area contributed by atoms with E-state index >= 15 is 0 Å². The van der Waals surface area contributed by atoms with E-state index in [9.17, 15) is 0 Å². The summed E-state index contributed by atoms with van der Waals surface area (Å²) in [5.41, 5.74) is 0. The molecule has 0 radical (unpaired) electrons. The fourth-order valence-corrected chi connectivity index (χ4v) is 4.70. The van der Waals surface area contributed by atoms with Crippen LogP contribution in [0.3, 0.4) is 0 Å². The number of nitrogens with one attached hydrogen (secondary N) is 1. The molecule has 1 saturated heterocycles. The van der Waals surface area contributed by atoms with Crippen molar-refractivity contribution in [1.82, 2.24) is 5.32 Å². The molecule has 2 aliphatic rings. The molecule has 2 fully saturated rings. The molecule has 1 aliphatic heterocycles. The largest absolute Gasteiger partial charge is 0.310 e. The van der Waals surface area contributed by atoms with Crippen LogP contribution in [0.4, 0.5) is 0 Å². The average molecular weight is 269 g/mol. The SMILES string of the molecule is C(=C\C1NCC2CCCC21)/c1cc2ccccc2s1. The third kappa shape index (κ3) is 2.13. The Morgan fingerprint density at radius 2 is 2.16 bits per heavy atom. The van der Waals surface area contributed by atoms with Gasteiger partial charge in [0.2, 0.25) is 0 Å². The summed E-state index contributed by atoms with van der Waals surface area (Å²) in [6.45, 7) is 1.23. The molecular weight excluding hydrogens is 250 g/mol. The number of hydrogen-bond donors (Lipinski definition) is 1. The molecule has 98 valence electrons. The van der Waals surface area contributed by atoms with Crippen molar-refractivity contribution >= 4 is 27.5 Å². The van der Waals surface area contributed by atoms with E-state index in [0.717, 1.165) is 11.8 Å². The van der Waals surface area contributed by atoms with Gasteiger partial charge in [0, 0.05) is 15.6 Å². The Hall–Kier alpha value is -1.12. The van der Waals surface area contributed by atoms with Gasteiger partial charge < -0.3 is 5.32 Å². The molecule has 3 unspecified atom stereocenters. The van der Waals surface area contributed by atoms with Crippen LogP contribution in [0.5, 0.6) is 0 Å². The Morgan fingerprint density at radius 3 is 3.11 bits per heavy atom. The fourth-order valence-electron chi connectivity index (χ4n) is 3.72. The second-order valence-corrected chi connectivity index (χ2v) is 6.95. The van der Waals surface area contributed by atoms with Gasteiger partial charge in [-0.2, -0.15) is 0 Å². The smallest absolute Gasteiger partial charge is 0.0349 e. The lowest BCUT2D eigenvalue weighted by Gasteiger charge is -2.13. The van der Waals surface area contributed by atoms with E-state index in [2.05, 4.69) is 47.8 Å². The molecule has 19 heavy (non-hydrogen) atoms. The van der Waals surface area contributed by atoms with E-state index in [4.69, 9.17) is 0 Å². The first-order valence-corrected chi connectivity index (χ1v) is 8.12. The monoisotopic (exact) mass is 269 g/mol. The molecular formula is C17H19NS. The highest BCUT2D eigenvalue weighted by Crippen LogP contribution is 2.38. The van der Waals surface area contributed by atoms with Crippen LogP contribution in [0.2, 0.25) is 0 Å². The van der Waals surface area contributed by atoms with Crippen molar-refractivity contribution in [3.63, 3.8) is 0 Å². The molecule has 2 aromatic rings. The van der Waals surface area contributed by atoms with Crippen LogP contribution in [-0.4, -0.2) is 12.6 Å². The van der Waals surface area contributed by atoms with Crippen molar-refractivity contribution in [2.24, 2.45) is 11.8 Å². The Labute approximate surface area is 118 Å². The van der Waals surface area contributed by atoms with Crippen molar-refractivity contribution < 1.29 is 0 Å². The van der Waals surface area contributed by atoms with Crippen molar-refractivity contribution in [3.05, 3.63) is 41.3 Å². The lowest BCUT2D eigenvalue weighted by atomic mass is 9.94. The quantitative estimate of drug-likeness (QED) is 0.857. The predicted octanol–water partition coefficient (Wildman–Crippen LogP) is 4.30. The summed E-state index contributed by atoms with van der Waals surface area (Å²) in [7, 11) is 0. The molecule has 3 atom stereocenters. The Balaban J connectivity index is 1.55. The van der Waals surface area contributed by atoms with Crippen LogP contribution in [0.25, 0.3) is 16.2 Å². The zero-order chi connectivity index (χ0) is 12.7. The zero-order valence-corrected chi connectivity index (χ0v) is 11.8. The van der Waals surface area contributed by atoms with Crippen molar-refractivity contribution in [2.45, 2.75) is 25.3 Å². The second-order valence-electron chi connectivity index (χ2n) is 5.83. The van der Waals surface area contributed by atoms with E-state index in [-0.39, 0.29) is 0 Å². The van der Waals surface area contributed by atoms with E-state index < -0.39 is 0 Å². The summed E-state index contributed by atoms with van der Waals surface area (Å²) >= 11 is 1.89. The lowest BCUT2D eigenvalue weighted by Crippen LogP contribution is -2.23. The highest BCUT2D eigenvalue weighted by Gasteiger charge is 2.37. The van der Waals surface area contributed by atoms with Crippen LogP contribution < -0.4 is 5.32 Å². The maximum atomic E-state index is 3.68. The van der Waals surface area contributed by atoms with Gasteiger partial charge in [-0.1, -0.05) is 30.7 Å². The molecule has 1 saturated carbocycles. The van der Waals surface area contributed by atoms with E-state index in [1.54, 1.807) is 0 Å². The average Bonchev–Trinajstić information content (AvgIpc) is 3.11. The minimum atomic E-state index is 0.609. The standard InChI is InChI=1S/C17H19NS/c1-2-7-17-12(4-1)10-14(19-17)8-9-16-15-6-3-5-13(15)11-18-16/h1-2,4,7-10,13,15-16,18H,3,5-6,11H2/b9-8+. The normalized spacial score (nSPS) is 30.4. The first-order valence-electron chi connectivity index (χ1n) is 7.30. The van der Waals surface area contributed by atoms with Crippen LogP contribution in [0.15, 0.2) is 36.4 Å². The molecule has 1 N–H and O–H groups in total. The molecule has 1 aromatic carbocycles. The molecule has 4 rings (SSSR count). The van der Waals surface area contributed by atoms with Crippen LogP contribution in [0, 0.1) is 11.8 Å². The topological polar surface area (TPSA) is 12.0 Å². The van der Waals surface area contributed by atoms with E-state index in [0.29, 0.717) is 6.04 Å². The Bertz CT molecular complexity index is 580. The minimum Gasteiger partial charge on any atom is -0.310 e. The number of rotatable bonds is 2. The van der Waals surface area contributed by atoms with Crippen molar-refractivity contribution in [3.8, 4) is 0 Å². The van der Waals surface area contributed by atoms with Crippen LogP contribution >= 0.6 is 11.3 Å². The number of fused-ring (bicyclic) bond motifs is 2. The Kier molecular flexibility index (Phi) is 2.93. The van der Waals surface area contributed by atoms with Gasteiger partial charge >= 0.3 is 0 Å². The summed E-state index contributed by atoms with van der Waals surface area (Å²) in [4.78, 5) is 1.38. The molecule has 0 spiro atoms. The maximum absolute atomic E-state index is 3.68. The number of hydrogen-bond acceptors (Lipinski definition) is 2. The molecule has 1 aliphatic carbocycles. The number of benzene rings is 1. The third-order valence-corrected chi connectivity index (χ3v) is 5.79. The van der Waals surface area contributed by atoms with Gasteiger partial charge in [0.05, 0.1) is 0 Å². The third-order valence-electron chi connectivity index (χ3n) is 4.71. The van der Waals surface area contributed by atoms with Crippen molar-refractivity contribution in [1.29, 1.82) is 0 Å². The van der Waals surface area contributed by atoms with Crippen LogP contribution in [-0.2, 0) is 0 Å². The highest BCUT2D eigenvalue weighted by atomic mass is 32.1. The second kappa shape index (κ2) is 4.77. The molecule has 0 amide bonds. The van der Waals surface area contributed by atoms with Crippen molar-refractivity contribution in [2.75, 3.05) is 6.54 Å². The van der Waals surface area contributed by atoms with Gasteiger partial charge in [0.15, 0.2) is 0 Å². The number of thiophene rings is 1. The molecule has 0 bridgehead atoms. The first-order chi connectivity index (χ1) is 9.40. The highest BCUT2D eigenvalue weighted by molar-refractivity contribution is 7.19. The van der Waals surface area contributed by atoms with E-state index in [1.807, 2.05) is 11.3 Å². The van der Waals surface area contributed by atoms with Gasteiger partial charge in [-0.05, 0) is 54.8 Å². The van der Waals surface area contributed by atoms with Crippen LogP contribution in [0.1, 0.15) is 24.1 Å². The summed E-state index contributed by atoms with van der Waals surface area (Å²) < 4.78 is 1.39. The zero-order valence-electron chi connectivity index (χ0n) is 11.0. The maximum Gasteiger partial charge on any atom is 0.0349 e. The first kappa shape index (κ1) is 11.7. The van der Waals surface area contributed by atoms with Gasteiger partial charge in [-0.3, -0.25) is 0 Å². The van der Waals surface area contributed by atoms with Gasteiger partial charge in [0.1, 0.15) is 0 Å². The molecule has 2 heterocycles. The van der Waals surface area contributed by atoms with Gasteiger partial charge in [0.25, 0.3) is 0 Å². The predicted molar refractivity (Wildman–Crippen MR) is 83.5 cm³/mol. The summed E-state index contributed by atoms with van der Waals surface area (Å²) in [5.74, 6) is 1.84. The lowest BCUT2D eigenvalue weighted by molar-refractivity contribution is 0.456. The fraction of sp³-hybridized carbons (Fsp3) is 0.412. The summed E-state index contributed by atoms with van der Waals surface area (Å²) in [6, 6.07) is 11.6. The minimum absolute atomic E-state index is 0.609. The van der Waals surface area contributed by atoms with E-state index in [1.165, 1.54) is 40.8 Å². The van der Waals surface area contributed by atoms with Gasteiger partial charge in [-0.25, -0.2) is 0 Å². The van der Waals surface area contributed by atoms with Gasteiger partial charge in [-0.15, -0.1) is 11.3 Å².